The number of para-hydroxylation sites is 2. The van der Waals surface area contributed by atoms with Crippen LogP contribution in [0.15, 0.2) is 72.9 Å². The number of anilines is 1. The molecule has 3 aromatic rings. The Morgan fingerprint density at radius 2 is 1.89 bits per heavy atom. The van der Waals surface area contributed by atoms with E-state index in [9.17, 15) is 4.79 Å². The maximum atomic E-state index is 12.1. The van der Waals surface area contributed by atoms with Gasteiger partial charge in [0.15, 0.2) is 0 Å². The van der Waals surface area contributed by atoms with Gasteiger partial charge in [-0.3, -0.25) is 9.78 Å². The van der Waals surface area contributed by atoms with Gasteiger partial charge in [-0.15, -0.1) is 0 Å². The summed E-state index contributed by atoms with van der Waals surface area (Å²) in [6.45, 7) is 4.66. The fourth-order valence-electron chi connectivity index (χ4n) is 3.08. The van der Waals surface area contributed by atoms with Crippen LogP contribution in [0.3, 0.4) is 0 Å². The van der Waals surface area contributed by atoms with Gasteiger partial charge in [-0.2, -0.15) is 0 Å². The van der Waals surface area contributed by atoms with Crippen molar-refractivity contribution in [3.8, 4) is 0 Å². The van der Waals surface area contributed by atoms with Crippen LogP contribution in [0.25, 0.3) is 17.0 Å². The molecular weight excluding hydrogens is 334 g/mol. The lowest BCUT2D eigenvalue weighted by Gasteiger charge is -2.23. The molecule has 0 aliphatic carbocycles. The molecule has 1 aromatic heterocycles. The van der Waals surface area contributed by atoms with Crippen LogP contribution in [0.1, 0.15) is 18.9 Å². The van der Waals surface area contributed by atoms with Gasteiger partial charge in [-0.1, -0.05) is 42.5 Å². The number of hydrogen-bond acceptors (Lipinski definition) is 3. The van der Waals surface area contributed by atoms with E-state index >= 15 is 0 Å². The van der Waals surface area contributed by atoms with Crippen LogP contribution in [0.4, 0.5) is 5.69 Å². The van der Waals surface area contributed by atoms with Gasteiger partial charge in [-0.05, 0) is 37.6 Å². The number of hydrogen-bond donors (Lipinski definition) is 1. The highest BCUT2D eigenvalue weighted by molar-refractivity contribution is 5.95. The molecule has 1 amide bonds. The molecule has 4 heteroatoms. The third-order valence-corrected chi connectivity index (χ3v) is 4.49. The quantitative estimate of drug-likeness (QED) is 0.482. The maximum absolute atomic E-state index is 12.1. The van der Waals surface area contributed by atoms with Crippen molar-refractivity contribution in [2.45, 2.75) is 13.3 Å². The lowest BCUT2D eigenvalue weighted by molar-refractivity contribution is -0.116. The summed E-state index contributed by atoms with van der Waals surface area (Å²) in [6, 6.07) is 20.2. The van der Waals surface area contributed by atoms with Crippen LogP contribution in [0, 0.1) is 0 Å². The molecular formula is C23H25N3O. The Bertz CT molecular complexity index is 900. The molecule has 0 saturated carbocycles. The van der Waals surface area contributed by atoms with Gasteiger partial charge in [0.05, 0.1) is 5.52 Å². The zero-order valence-corrected chi connectivity index (χ0v) is 15.6. The first-order valence-corrected chi connectivity index (χ1v) is 9.37. The molecule has 0 unspecified atom stereocenters. The summed E-state index contributed by atoms with van der Waals surface area (Å²) in [5.41, 5.74) is 3.07. The van der Waals surface area contributed by atoms with Crippen molar-refractivity contribution in [2.24, 2.45) is 0 Å². The number of nitrogens with zero attached hydrogens (tertiary/aromatic N) is 2. The fourth-order valence-corrected chi connectivity index (χ4v) is 3.08. The molecule has 4 nitrogen and oxygen atoms in total. The smallest absolute Gasteiger partial charge is 0.244 e. The molecule has 1 heterocycles. The number of nitrogens with one attached hydrogen (secondary N) is 1. The molecule has 0 radical (unpaired) electrons. The number of benzene rings is 2. The van der Waals surface area contributed by atoms with E-state index in [4.69, 9.17) is 0 Å². The van der Waals surface area contributed by atoms with E-state index in [1.54, 1.807) is 12.3 Å². The Kier molecular flexibility index (Phi) is 6.58. The number of carbonyl (C=O) groups is 1. The third-order valence-electron chi connectivity index (χ3n) is 4.49. The van der Waals surface area contributed by atoms with E-state index in [-0.39, 0.29) is 5.91 Å². The van der Waals surface area contributed by atoms with Crippen molar-refractivity contribution in [1.29, 1.82) is 0 Å². The second-order valence-electron chi connectivity index (χ2n) is 6.32. The molecule has 0 saturated heterocycles. The Morgan fingerprint density at radius 1 is 1.07 bits per heavy atom. The van der Waals surface area contributed by atoms with Crippen molar-refractivity contribution < 1.29 is 4.79 Å². The number of rotatable bonds is 8. The van der Waals surface area contributed by atoms with E-state index in [1.807, 2.05) is 54.6 Å². The number of pyridine rings is 1. The average molecular weight is 359 g/mol. The van der Waals surface area contributed by atoms with Gasteiger partial charge in [0, 0.05) is 48.5 Å². The molecule has 1 N–H and O–H groups in total. The van der Waals surface area contributed by atoms with E-state index in [0.717, 1.165) is 36.0 Å². The first-order valence-electron chi connectivity index (χ1n) is 9.37. The van der Waals surface area contributed by atoms with Gasteiger partial charge in [-0.25, -0.2) is 0 Å². The minimum Gasteiger partial charge on any atom is -0.372 e. The summed E-state index contributed by atoms with van der Waals surface area (Å²) in [7, 11) is 0. The van der Waals surface area contributed by atoms with E-state index in [2.05, 4.69) is 34.3 Å². The number of amides is 1. The number of carbonyl (C=O) groups excluding carboxylic acids is 1. The molecule has 0 aliphatic heterocycles. The van der Waals surface area contributed by atoms with Gasteiger partial charge in [0.1, 0.15) is 0 Å². The van der Waals surface area contributed by atoms with Crippen molar-refractivity contribution in [3.63, 3.8) is 0 Å². The van der Waals surface area contributed by atoms with Crippen LogP contribution < -0.4 is 10.2 Å². The molecule has 0 spiro atoms. The molecule has 0 fully saturated rings. The number of aromatic nitrogens is 1. The Hall–Kier alpha value is -3.14. The second-order valence-corrected chi connectivity index (χ2v) is 6.32. The predicted molar refractivity (Wildman–Crippen MR) is 113 cm³/mol. The zero-order valence-electron chi connectivity index (χ0n) is 15.6. The lowest BCUT2D eigenvalue weighted by atomic mass is 10.1. The Balaban J connectivity index is 1.49. The van der Waals surface area contributed by atoms with Crippen molar-refractivity contribution in [1.82, 2.24) is 10.3 Å². The molecule has 138 valence electrons. The first kappa shape index (κ1) is 18.6. The minimum absolute atomic E-state index is 0.0781. The average Bonchev–Trinajstić information content (AvgIpc) is 2.73. The van der Waals surface area contributed by atoms with E-state index in [0.29, 0.717) is 6.54 Å². The third kappa shape index (κ3) is 5.17. The van der Waals surface area contributed by atoms with Gasteiger partial charge in [0.2, 0.25) is 5.91 Å². The summed E-state index contributed by atoms with van der Waals surface area (Å²) in [5, 5.41) is 4.03. The topological polar surface area (TPSA) is 45.2 Å². The highest BCUT2D eigenvalue weighted by Crippen LogP contribution is 2.17. The van der Waals surface area contributed by atoms with Gasteiger partial charge in [0.25, 0.3) is 0 Å². The zero-order chi connectivity index (χ0) is 18.9. The van der Waals surface area contributed by atoms with Gasteiger partial charge >= 0.3 is 0 Å². The van der Waals surface area contributed by atoms with Crippen LogP contribution in [-0.4, -0.2) is 30.5 Å². The molecule has 0 atom stereocenters. The van der Waals surface area contributed by atoms with E-state index < -0.39 is 0 Å². The molecule has 0 aliphatic rings. The Morgan fingerprint density at radius 3 is 2.70 bits per heavy atom. The molecule has 3 rings (SSSR count). The second kappa shape index (κ2) is 9.53. The van der Waals surface area contributed by atoms with Crippen molar-refractivity contribution in [3.05, 3.63) is 78.5 Å². The highest BCUT2D eigenvalue weighted by atomic mass is 16.1. The highest BCUT2D eigenvalue weighted by Gasteiger charge is 2.04. The summed E-state index contributed by atoms with van der Waals surface area (Å²) < 4.78 is 0. The molecule has 2 aromatic carbocycles. The largest absolute Gasteiger partial charge is 0.372 e. The molecule has 0 bridgehead atoms. The normalized spacial score (nSPS) is 11.0. The summed E-state index contributed by atoms with van der Waals surface area (Å²) in [5.74, 6) is -0.0781. The maximum Gasteiger partial charge on any atom is 0.244 e. The summed E-state index contributed by atoms with van der Waals surface area (Å²) in [6.07, 6.45) is 6.08. The monoisotopic (exact) mass is 359 g/mol. The predicted octanol–water partition coefficient (Wildman–Crippen LogP) is 4.28. The molecule has 27 heavy (non-hydrogen) atoms. The fraction of sp³-hybridized carbons (Fsp3) is 0.217. The van der Waals surface area contributed by atoms with Crippen LogP contribution in [-0.2, 0) is 4.79 Å². The van der Waals surface area contributed by atoms with Gasteiger partial charge < -0.3 is 10.2 Å². The Labute approximate surface area is 160 Å². The SMILES string of the molecule is CCN(CCCNC(=O)/C=C/c1cccc2cccnc12)c1ccccc1. The van der Waals surface area contributed by atoms with Crippen molar-refractivity contribution in [2.75, 3.05) is 24.5 Å². The van der Waals surface area contributed by atoms with Crippen LogP contribution >= 0.6 is 0 Å². The van der Waals surface area contributed by atoms with E-state index in [1.165, 1.54) is 5.69 Å². The standard InChI is InChI=1S/C23H25N3O/c1-2-26(21-12-4-3-5-13-21)18-8-17-24-22(27)15-14-20-10-6-9-19-11-7-16-25-23(19)20/h3-7,9-16H,2,8,17-18H2,1H3,(H,24,27)/b15-14+. The summed E-state index contributed by atoms with van der Waals surface area (Å²) in [4.78, 5) is 18.8. The van der Waals surface area contributed by atoms with Crippen molar-refractivity contribution >= 4 is 28.6 Å². The van der Waals surface area contributed by atoms with Crippen LogP contribution in [0.5, 0.6) is 0 Å². The minimum atomic E-state index is -0.0781. The number of fused-ring (bicyclic) bond motifs is 1. The lowest BCUT2D eigenvalue weighted by Crippen LogP contribution is -2.29. The van der Waals surface area contributed by atoms with Crippen LogP contribution in [0.2, 0.25) is 0 Å². The first-order chi connectivity index (χ1) is 13.3. The summed E-state index contributed by atoms with van der Waals surface area (Å²) >= 11 is 0.